The van der Waals surface area contributed by atoms with Crippen molar-refractivity contribution in [1.82, 2.24) is 4.90 Å². The van der Waals surface area contributed by atoms with E-state index in [4.69, 9.17) is 15.7 Å². The second kappa shape index (κ2) is 8.51. The van der Waals surface area contributed by atoms with E-state index < -0.39 is 12.0 Å². The van der Waals surface area contributed by atoms with Gasteiger partial charge in [0.2, 0.25) is 5.91 Å². The molecule has 1 aliphatic rings. The number of nitriles is 1. The summed E-state index contributed by atoms with van der Waals surface area (Å²) in [5.41, 5.74) is 5.73. The lowest BCUT2D eigenvalue weighted by Gasteiger charge is -2.33. The number of primary amides is 1. The summed E-state index contributed by atoms with van der Waals surface area (Å²) in [6.07, 6.45) is 1.44. The summed E-state index contributed by atoms with van der Waals surface area (Å²) in [4.78, 5) is 13.3. The number of rotatable bonds is 7. The fraction of sp³-hybridized carbons (Fsp3) is 0.529. The highest BCUT2D eigenvalue weighted by atomic mass is 16.5. The molecule has 6 nitrogen and oxygen atoms in total. The Morgan fingerprint density at radius 1 is 1.48 bits per heavy atom. The van der Waals surface area contributed by atoms with Crippen molar-refractivity contribution in [2.45, 2.75) is 25.4 Å². The van der Waals surface area contributed by atoms with Crippen LogP contribution in [0.1, 0.15) is 24.8 Å². The van der Waals surface area contributed by atoms with Gasteiger partial charge in [-0.25, -0.2) is 0 Å². The molecule has 0 bridgehead atoms. The fourth-order valence-electron chi connectivity index (χ4n) is 2.86. The number of nitrogens with two attached hydrogens (primary N) is 1. The van der Waals surface area contributed by atoms with Gasteiger partial charge >= 0.3 is 0 Å². The van der Waals surface area contributed by atoms with Crippen LogP contribution in [0.15, 0.2) is 24.3 Å². The van der Waals surface area contributed by atoms with Gasteiger partial charge in [0.05, 0.1) is 18.2 Å². The summed E-state index contributed by atoms with van der Waals surface area (Å²) in [5.74, 6) is 0.0671. The van der Waals surface area contributed by atoms with Crippen LogP contribution in [0, 0.1) is 17.2 Å². The van der Waals surface area contributed by atoms with Crippen molar-refractivity contribution in [2.24, 2.45) is 11.7 Å². The molecule has 0 aromatic heterocycles. The van der Waals surface area contributed by atoms with E-state index in [1.165, 1.54) is 0 Å². The lowest BCUT2D eigenvalue weighted by Crippen LogP contribution is -2.43. The zero-order valence-corrected chi connectivity index (χ0v) is 13.1. The molecule has 1 aromatic rings. The molecule has 3 N–H and O–H groups in total. The zero-order chi connectivity index (χ0) is 16.7. The Labute approximate surface area is 136 Å². The van der Waals surface area contributed by atoms with Crippen molar-refractivity contribution < 1.29 is 14.6 Å². The van der Waals surface area contributed by atoms with E-state index in [1.807, 2.05) is 12.1 Å². The molecule has 0 radical (unpaired) electrons. The third-order valence-corrected chi connectivity index (χ3v) is 4.22. The molecule has 6 heteroatoms. The number of nitrogens with zero attached hydrogens (tertiary/aromatic N) is 2. The molecule has 124 valence electrons. The molecule has 0 saturated carbocycles. The molecule has 2 rings (SSSR count). The molecule has 1 heterocycles. The van der Waals surface area contributed by atoms with Crippen LogP contribution in [0.4, 0.5) is 0 Å². The summed E-state index contributed by atoms with van der Waals surface area (Å²) in [6, 6.07) is 9.22. The molecule has 0 spiro atoms. The molecule has 1 atom stereocenters. The molecule has 1 unspecified atom stereocenters. The molecule has 1 amide bonds. The molecule has 1 aromatic carbocycles. The van der Waals surface area contributed by atoms with Crippen LogP contribution >= 0.6 is 0 Å². The van der Waals surface area contributed by atoms with Crippen molar-refractivity contribution in [3.63, 3.8) is 0 Å². The average Bonchev–Trinajstić information content (AvgIpc) is 2.58. The standard InChI is InChI=1S/C17H23N3O3/c18-12-13-3-1-4-15(11-13)23-10-2-7-20-8-5-14(6-9-20)16(21)17(19)22/h1,3-4,11,14,16,21H,2,5-10H2,(H2,19,22). The summed E-state index contributed by atoms with van der Waals surface area (Å²) in [7, 11) is 0. The second-order valence-corrected chi connectivity index (χ2v) is 5.87. The van der Waals surface area contributed by atoms with Crippen LogP contribution in [0.2, 0.25) is 0 Å². The van der Waals surface area contributed by atoms with Crippen LogP contribution in [-0.4, -0.2) is 48.3 Å². The van der Waals surface area contributed by atoms with Crippen molar-refractivity contribution in [3.8, 4) is 11.8 Å². The SMILES string of the molecule is N#Cc1cccc(OCCCN2CCC(C(O)C(N)=O)CC2)c1. The van der Waals surface area contributed by atoms with E-state index in [1.54, 1.807) is 12.1 Å². The van der Waals surface area contributed by atoms with E-state index in [0.717, 1.165) is 38.9 Å². The highest BCUT2D eigenvalue weighted by molar-refractivity contribution is 5.78. The minimum atomic E-state index is -1.02. The Kier molecular flexibility index (Phi) is 6.39. The van der Waals surface area contributed by atoms with Gasteiger partial charge < -0.3 is 20.5 Å². The number of aliphatic hydroxyl groups is 1. The third-order valence-electron chi connectivity index (χ3n) is 4.22. The Morgan fingerprint density at radius 3 is 2.87 bits per heavy atom. The molecule has 23 heavy (non-hydrogen) atoms. The van der Waals surface area contributed by atoms with Crippen LogP contribution in [0.25, 0.3) is 0 Å². The Balaban J connectivity index is 1.64. The van der Waals surface area contributed by atoms with Gasteiger partial charge in [0.15, 0.2) is 0 Å². The number of ether oxygens (including phenoxy) is 1. The number of amides is 1. The van der Waals surface area contributed by atoms with Crippen LogP contribution in [0.3, 0.4) is 0 Å². The number of aliphatic hydroxyl groups excluding tert-OH is 1. The van der Waals surface area contributed by atoms with Crippen molar-refractivity contribution >= 4 is 5.91 Å². The van der Waals surface area contributed by atoms with Gasteiger partial charge in [0.1, 0.15) is 11.9 Å². The first-order chi connectivity index (χ1) is 11.1. The van der Waals surface area contributed by atoms with E-state index in [-0.39, 0.29) is 5.92 Å². The van der Waals surface area contributed by atoms with Crippen LogP contribution < -0.4 is 10.5 Å². The number of carbonyl (C=O) groups is 1. The first kappa shape index (κ1) is 17.3. The van der Waals surface area contributed by atoms with Gasteiger partial charge in [-0.2, -0.15) is 5.26 Å². The van der Waals surface area contributed by atoms with Gasteiger partial charge in [-0.1, -0.05) is 6.07 Å². The van der Waals surface area contributed by atoms with Crippen molar-refractivity contribution in [3.05, 3.63) is 29.8 Å². The third kappa shape index (κ3) is 5.23. The highest BCUT2D eigenvalue weighted by Gasteiger charge is 2.28. The van der Waals surface area contributed by atoms with Gasteiger partial charge in [-0.15, -0.1) is 0 Å². The number of hydrogen-bond acceptors (Lipinski definition) is 5. The van der Waals surface area contributed by atoms with Gasteiger partial charge in [0, 0.05) is 6.54 Å². The Hall–Kier alpha value is -2.10. The lowest BCUT2D eigenvalue weighted by atomic mass is 9.91. The highest BCUT2D eigenvalue weighted by Crippen LogP contribution is 2.21. The molecular formula is C17H23N3O3. The van der Waals surface area contributed by atoms with E-state index in [9.17, 15) is 9.90 Å². The summed E-state index contributed by atoms with van der Waals surface area (Å²) in [6.45, 7) is 3.23. The normalized spacial score (nSPS) is 17.4. The number of hydrogen-bond donors (Lipinski definition) is 2. The molecule has 1 fully saturated rings. The molecule has 0 aliphatic carbocycles. The van der Waals surface area contributed by atoms with Gasteiger partial charge in [-0.05, 0) is 56.5 Å². The number of likely N-dealkylation sites (tertiary alicyclic amines) is 1. The quantitative estimate of drug-likeness (QED) is 0.727. The van der Waals surface area contributed by atoms with Crippen LogP contribution in [-0.2, 0) is 4.79 Å². The maximum Gasteiger partial charge on any atom is 0.246 e. The van der Waals surface area contributed by atoms with E-state index in [0.29, 0.717) is 17.9 Å². The predicted molar refractivity (Wildman–Crippen MR) is 85.6 cm³/mol. The minimum absolute atomic E-state index is 0.0197. The van der Waals surface area contributed by atoms with E-state index in [2.05, 4.69) is 11.0 Å². The minimum Gasteiger partial charge on any atom is -0.494 e. The summed E-state index contributed by atoms with van der Waals surface area (Å²) < 4.78 is 5.65. The van der Waals surface area contributed by atoms with Gasteiger partial charge in [0.25, 0.3) is 0 Å². The van der Waals surface area contributed by atoms with Gasteiger partial charge in [-0.3, -0.25) is 4.79 Å². The number of carbonyl (C=O) groups excluding carboxylic acids is 1. The topological polar surface area (TPSA) is 99.6 Å². The number of benzene rings is 1. The maximum atomic E-state index is 11.0. The predicted octanol–water partition coefficient (Wildman–Crippen LogP) is 0.885. The van der Waals surface area contributed by atoms with Crippen LogP contribution in [0.5, 0.6) is 5.75 Å². The second-order valence-electron chi connectivity index (χ2n) is 5.87. The largest absolute Gasteiger partial charge is 0.494 e. The molecular weight excluding hydrogens is 294 g/mol. The average molecular weight is 317 g/mol. The first-order valence-electron chi connectivity index (χ1n) is 7.93. The summed E-state index contributed by atoms with van der Waals surface area (Å²) >= 11 is 0. The first-order valence-corrected chi connectivity index (χ1v) is 7.93. The van der Waals surface area contributed by atoms with E-state index >= 15 is 0 Å². The molecule has 1 aliphatic heterocycles. The Morgan fingerprint density at radius 2 is 2.22 bits per heavy atom. The smallest absolute Gasteiger partial charge is 0.246 e. The fourth-order valence-corrected chi connectivity index (χ4v) is 2.86. The summed E-state index contributed by atoms with van der Waals surface area (Å²) in [5, 5.41) is 18.5. The zero-order valence-electron chi connectivity index (χ0n) is 13.1. The molecule has 1 saturated heterocycles. The Bertz CT molecular complexity index is 562. The number of piperidine rings is 1. The maximum absolute atomic E-state index is 11.0. The lowest BCUT2D eigenvalue weighted by molar-refractivity contribution is -0.129. The van der Waals surface area contributed by atoms with Crippen molar-refractivity contribution in [2.75, 3.05) is 26.2 Å². The monoisotopic (exact) mass is 317 g/mol. The van der Waals surface area contributed by atoms with Crippen molar-refractivity contribution in [1.29, 1.82) is 5.26 Å².